The first kappa shape index (κ1) is 28.6. The summed E-state index contributed by atoms with van der Waals surface area (Å²) in [7, 11) is 0. The molecule has 3 atom stereocenters. The molecule has 0 aliphatic heterocycles. The van der Waals surface area contributed by atoms with Crippen molar-refractivity contribution in [3.05, 3.63) is 0 Å². The van der Waals surface area contributed by atoms with Gasteiger partial charge in [0.15, 0.2) is 5.96 Å². The number of amides is 4. The van der Waals surface area contributed by atoms with Crippen molar-refractivity contribution < 1.29 is 29.1 Å². The van der Waals surface area contributed by atoms with E-state index >= 15 is 0 Å². The molecule has 0 rings (SSSR count). The zero-order valence-corrected chi connectivity index (χ0v) is 18.3. The molecule has 0 aromatic carbocycles. The highest BCUT2D eigenvalue weighted by atomic mass is 16.4. The maximum Gasteiger partial charge on any atom is 0.326 e. The molecule has 0 bridgehead atoms. The third-order valence-electron chi connectivity index (χ3n) is 4.10. The molecular formula is C18H34N8O6. The van der Waals surface area contributed by atoms with Gasteiger partial charge in [0.2, 0.25) is 23.6 Å². The molecule has 0 radical (unpaired) electrons. The molecule has 4 amide bonds. The molecule has 0 fully saturated rings. The van der Waals surface area contributed by atoms with E-state index in [9.17, 15) is 29.1 Å². The summed E-state index contributed by atoms with van der Waals surface area (Å²) in [5.41, 5.74) is 21.3. The fourth-order valence-corrected chi connectivity index (χ4v) is 2.60. The molecule has 14 nitrogen and oxygen atoms in total. The summed E-state index contributed by atoms with van der Waals surface area (Å²) in [6, 6.07) is -3.44. The predicted molar refractivity (Wildman–Crippen MR) is 116 cm³/mol. The number of carboxylic acids is 1. The molecule has 14 heteroatoms. The average Bonchev–Trinajstić information content (AvgIpc) is 2.66. The van der Waals surface area contributed by atoms with Gasteiger partial charge in [0.05, 0.1) is 19.0 Å². The van der Waals surface area contributed by atoms with Crippen LogP contribution < -0.4 is 38.9 Å². The second-order valence-corrected chi connectivity index (χ2v) is 7.59. The number of guanidine groups is 1. The summed E-state index contributed by atoms with van der Waals surface area (Å²) in [6.07, 6.45) is 0.208. The molecule has 3 unspecified atom stereocenters. The second kappa shape index (κ2) is 14.6. The van der Waals surface area contributed by atoms with Crippen molar-refractivity contribution in [1.29, 1.82) is 0 Å². The number of rotatable bonds is 15. The Bertz CT molecular complexity index is 708. The van der Waals surface area contributed by atoms with Crippen LogP contribution in [0.25, 0.3) is 0 Å². The van der Waals surface area contributed by atoms with Crippen LogP contribution in [0.5, 0.6) is 0 Å². The van der Waals surface area contributed by atoms with Crippen LogP contribution in [-0.2, 0) is 24.0 Å². The van der Waals surface area contributed by atoms with Crippen LogP contribution in [0, 0.1) is 5.92 Å². The van der Waals surface area contributed by atoms with Crippen LogP contribution in [0.1, 0.15) is 39.5 Å². The largest absolute Gasteiger partial charge is 0.480 e. The van der Waals surface area contributed by atoms with Crippen molar-refractivity contribution in [2.45, 2.75) is 57.7 Å². The zero-order valence-electron chi connectivity index (χ0n) is 18.3. The van der Waals surface area contributed by atoms with Crippen molar-refractivity contribution in [3.8, 4) is 0 Å². The highest BCUT2D eigenvalue weighted by molar-refractivity contribution is 5.95. The molecule has 0 aromatic heterocycles. The minimum absolute atomic E-state index is 0.0555. The number of nitrogens with two attached hydrogens (primary N) is 4. The number of aliphatic carboxylic acids is 1. The number of primary amides is 1. The number of aliphatic imine (C=N–C) groups is 1. The van der Waals surface area contributed by atoms with Crippen molar-refractivity contribution in [2.24, 2.45) is 33.8 Å². The Balaban J connectivity index is 4.81. The lowest BCUT2D eigenvalue weighted by molar-refractivity contribution is -0.142. The summed E-state index contributed by atoms with van der Waals surface area (Å²) in [5, 5.41) is 16.0. The SMILES string of the molecule is CC(C)CC(N)C(=O)NC(CC(N)=O)C(=O)NCC(=O)NC(CCCN=C(N)N)C(=O)O. The average molecular weight is 459 g/mol. The first-order valence-corrected chi connectivity index (χ1v) is 10.0. The lowest BCUT2D eigenvalue weighted by Gasteiger charge is -2.21. The van der Waals surface area contributed by atoms with E-state index in [1.165, 1.54) is 0 Å². The molecule has 0 saturated carbocycles. The van der Waals surface area contributed by atoms with Crippen molar-refractivity contribution in [2.75, 3.05) is 13.1 Å². The number of carboxylic acid groups (broad SMARTS) is 1. The molecule has 182 valence electrons. The van der Waals surface area contributed by atoms with Crippen molar-refractivity contribution in [1.82, 2.24) is 16.0 Å². The maximum atomic E-state index is 12.3. The highest BCUT2D eigenvalue weighted by Crippen LogP contribution is 2.04. The van der Waals surface area contributed by atoms with Crippen LogP contribution in [0.2, 0.25) is 0 Å². The van der Waals surface area contributed by atoms with Gasteiger partial charge >= 0.3 is 5.97 Å². The summed E-state index contributed by atoms with van der Waals surface area (Å²) in [4.78, 5) is 62.8. The third-order valence-corrected chi connectivity index (χ3v) is 4.10. The van der Waals surface area contributed by atoms with E-state index in [0.29, 0.717) is 12.8 Å². The smallest absolute Gasteiger partial charge is 0.326 e. The zero-order chi connectivity index (χ0) is 24.8. The van der Waals surface area contributed by atoms with Gasteiger partial charge in [-0.15, -0.1) is 0 Å². The number of nitrogens with one attached hydrogen (secondary N) is 3. The molecule has 12 N–H and O–H groups in total. The van der Waals surface area contributed by atoms with E-state index in [0.717, 1.165) is 0 Å². The molecule has 32 heavy (non-hydrogen) atoms. The first-order valence-electron chi connectivity index (χ1n) is 10.0. The fraction of sp³-hybridized carbons (Fsp3) is 0.667. The lowest BCUT2D eigenvalue weighted by Crippen LogP contribution is -2.54. The Morgan fingerprint density at radius 1 is 0.969 bits per heavy atom. The van der Waals surface area contributed by atoms with E-state index in [1.807, 2.05) is 13.8 Å². The Morgan fingerprint density at radius 2 is 1.59 bits per heavy atom. The number of carbonyl (C=O) groups is 5. The number of hydrogen-bond acceptors (Lipinski definition) is 7. The number of carbonyl (C=O) groups excluding carboxylic acids is 4. The van der Waals surface area contributed by atoms with E-state index in [2.05, 4.69) is 20.9 Å². The Kier molecular flexibility index (Phi) is 13.0. The van der Waals surface area contributed by atoms with Gasteiger partial charge in [-0.05, 0) is 25.2 Å². The van der Waals surface area contributed by atoms with Gasteiger partial charge in [0, 0.05) is 6.54 Å². The van der Waals surface area contributed by atoms with Crippen molar-refractivity contribution in [3.63, 3.8) is 0 Å². The molecular weight excluding hydrogens is 424 g/mol. The summed E-state index contributed by atoms with van der Waals surface area (Å²) in [6.45, 7) is 3.33. The van der Waals surface area contributed by atoms with Crippen molar-refractivity contribution >= 4 is 35.6 Å². The standard InChI is InChI=1S/C18H34N8O6/c1-9(2)6-10(19)15(29)26-12(7-13(20)27)16(30)24-8-14(28)25-11(17(31)32)4-3-5-23-18(21)22/h9-12H,3-8,19H2,1-2H3,(H2,20,27)(H,24,30)(H,25,28)(H,26,29)(H,31,32)(H4,21,22,23). The third kappa shape index (κ3) is 13.0. The molecule has 0 saturated heterocycles. The lowest BCUT2D eigenvalue weighted by atomic mass is 10.0. The van der Waals surface area contributed by atoms with E-state index in [-0.39, 0.29) is 24.8 Å². The van der Waals surface area contributed by atoms with Crippen LogP contribution >= 0.6 is 0 Å². The van der Waals surface area contributed by atoms with E-state index in [4.69, 9.17) is 22.9 Å². The fourth-order valence-electron chi connectivity index (χ4n) is 2.60. The Hall–Kier alpha value is -3.42. The van der Waals surface area contributed by atoms with Crippen LogP contribution in [0.3, 0.4) is 0 Å². The molecule has 0 aliphatic rings. The topological polar surface area (TPSA) is 258 Å². The van der Waals surface area contributed by atoms with Crippen LogP contribution in [0.15, 0.2) is 4.99 Å². The highest BCUT2D eigenvalue weighted by Gasteiger charge is 2.26. The number of hydrogen-bond donors (Lipinski definition) is 8. The number of nitrogens with zero attached hydrogens (tertiary/aromatic N) is 1. The molecule has 0 spiro atoms. The summed E-state index contributed by atoms with van der Waals surface area (Å²) >= 11 is 0. The van der Waals surface area contributed by atoms with Gasteiger partial charge in [-0.3, -0.25) is 24.2 Å². The van der Waals surface area contributed by atoms with Gasteiger partial charge in [-0.25, -0.2) is 4.79 Å². The summed E-state index contributed by atoms with van der Waals surface area (Å²) < 4.78 is 0. The maximum absolute atomic E-state index is 12.3. The quantitative estimate of drug-likeness (QED) is 0.0685. The van der Waals surface area contributed by atoms with E-state index < -0.39 is 60.7 Å². The minimum atomic E-state index is -1.33. The van der Waals surface area contributed by atoms with E-state index in [1.54, 1.807) is 0 Å². The summed E-state index contributed by atoms with van der Waals surface area (Å²) in [5.74, 6) is -4.39. The van der Waals surface area contributed by atoms with Gasteiger partial charge in [-0.2, -0.15) is 0 Å². The predicted octanol–water partition coefficient (Wildman–Crippen LogP) is -3.54. The molecule has 0 aliphatic carbocycles. The Morgan fingerprint density at radius 3 is 2.09 bits per heavy atom. The van der Waals surface area contributed by atoms with Gasteiger partial charge in [0.1, 0.15) is 12.1 Å². The minimum Gasteiger partial charge on any atom is -0.480 e. The van der Waals surface area contributed by atoms with Crippen LogP contribution in [0.4, 0.5) is 0 Å². The molecule has 0 aromatic rings. The van der Waals surface area contributed by atoms with Gasteiger partial charge in [0.25, 0.3) is 0 Å². The Labute approximate surface area is 185 Å². The monoisotopic (exact) mass is 458 g/mol. The van der Waals surface area contributed by atoms with Gasteiger partial charge in [-0.1, -0.05) is 13.8 Å². The second-order valence-electron chi connectivity index (χ2n) is 7.59. The first-order chi connectivity index (χ1) is 14.8. The van der Waals surface area contributed by atoms with Gasteiger partial charge < -0.3 is 44.0 Å². The normalized spacial score (nSPS) is 13.4. The molecule has 0 heterocycles. The van der Waals surface area contributed by atoms with Crippen LogP contribution in [-0.4, -0.2) is 71.9 Å².